The van der Waals surface area contributed by atoms with Gasteiger partial charge in [-0.25, -0.2) is 0 Å². The van der Waals surface area contributed by atoms with E-state index in [-0.39, 0.29) is 29.6 Å². The topological polar surface area (TPSA) is 70.7 Å². The number of ether oxygens (including phenoxy) is 1. The van der Waals surface area contributed by atoms with Gasteiger partial charge in [-0.3, -0.25) is 9.59 Å². The smallest absolute Gasteiger partial charge is 0.258 e. The van der Waals surface area contributed by atoms with Gasteiger partial charge in [-0.15, -0.1) is 0 Å². The van der Waals surface area contributed by atoms with Crippen LogP contribution in [0.25, 0.3) is 0 Å². The van der Waals surface area contributed by atoms with E-state index in [0.717, 1.165) is 58.3 Å². The van der Waals surface area contributed by atoms with Gasteiger partial charge in [-0.2, -0.15) is 0 Å². The third kappa shape index (κ3) is 3.87. The molecule has 0 radical (unpaired) electrons. The van der Waals surface area contributed by atoms with Crippen LogP contribution in [0.3, 0.4) is 0 Å². The molecule has 1 aromatic rings. The fourth-order valence-electron chi connectivity index (χ4n) is 5.47. The minimum absolute atomic E-state index is 0.0329. The maximum Gasteiger partial charge on any atom is 0.258 e. The number of nitrogens with zero attached hydrogens (tertiary/aromatic N) is 1. The SMILES string of the molecule is CCN(CC)CCCNC(=O)[C@@H]1C[C@H]2CC[C@@H]1C[C@@]21NC(=O)c2ccccc2O1. The monoisotopic (exact) mass is 399 g/mol. The Morgan fingerprint density at radius 2 is 2.07 bits per heavy atom. The Kier molecular flexibility index (Phi) is 5.81. The molecule has 6 nitrogen and oxygen atoms in total. The summed E-state index contributed by atoms with van der Waals surface area (Å²) >= 11 is 0. The van der Waals surface area contributed by atoms with Crippen LogP contribution in [0.15, 0.2) is 24.3 Å². The van der Waals surface area contributed by atoms with Gasteiger partial charge >= 0.3 is 0 Å². The normalized spacial score (nSPS) is 30.0. The maximum absolute atomic E-state index is 12.9. The maximum atomic E-state index is 12.9. The summed E-state index contributed by atoms with van der Waals surface area (Å²) in [6, 6.07) is 7.43. The Labute approximate surface area is 173 Å². The Morgan fingerprint density at radius 3 is 2.79 bits per heavy atom. The van der Waals surface area contributed by atoms with Crippen molar-refractivity contribution in [2.24, 2.45) is 17.8 Å². The number of hydrogen-bond donors (Lipinski definition) is 2. The number of nitrogens with one attached hydrogen (secondary N) is 2. The van der Waals surface area contributed by atoms with Crippen molar-refractivity contribution in [1.82, 2.24) is 15.5 Å². The molecule has 3 saturated carbocycles. The Morgan fingerprint density at radius 1 is 1.28 bits per heavy atom. The summed E-state index contributed by atoms with van der Waals surface area (Å²) in [5, 5.41) is 6.32. The quantitative estimate of drug-likeness (QED) is 0.692. The van der Waals surface area contributed by atoms with E-state index < -0.39 is 5.72 Å². The van der Waals surface area contributed by atoms with Crippen molar-refractivity contribution >= 4 is 11.8 Å². The van der Waals surface area contributed by atoms with Crippen LogP contribution in [0.5, 0.6) is 5.75 Å². The molecule has 2 amide bonds. The van der Waals surface area contributed by atoms with Crippen molar-refractivity contribution in [3.63, 3.8) is 0 Å². The molecule has 5 rings (SSSR count). The molecule has 3 fully saturated rings. The van der Waals surface area contributed by atoms with E-state index in [1.807, 2.05) is 18.2 Å². The van der Waals surface area contributed by atoms with E-state index >= 15 is 0 Å². The van der Waals surface area contributed by atoms with E-state index in [1.54, 1.807) is 6.07 Å². The van der Waals surface area contributed by atoms with Crippen molar-refractivity contribution in [2.45, 2.75) is 51.7 Å². The second kappa shape index (κ2) is 8.34. The summed E-state index contributed by atoms with van der Waals surface area (Å²) < 4.78 is 6.37. The highest BCUT2D eigenvalue weighted by atomic mass is 16.5. The van der Waals surface area contributed by atoms with Gasteiger partial charge in [-0.05, 0) is 63.4 Å². The van der Waals surface area contributed by atoms with Gasteiger partial charge in [0.05, 0.1) is 5.56 Å². The van der Waals surface area contributed by atoms with Crippen LogP contribution in [0, 0.1) is 17.8 Å². The molecule has 2 N–H and O–H groups in total. The molecule has 1 spiro atoms. The zero-order chi connectivity index (χ0) is 20.4. The molecule has 1 heterocycles. The lowest BCUT2D eigenvalue weighted by Gasteiger charge is -2.55. The molecule has 0 unspecified atom stereocenters. The minimum Gasteiger partial charge on any atom is -0.467 e. The lowest BCUT2D eigenvalue weighted by molar-refractivity contribution is -0.146. The summed E-state index contributed by atoms with van der Waals surface area (Å²) in [6.45, 7) is 8.19. The van der Waals surface area contributed by atoms with Gasteiger partial charge < -0.3 is 20.3 Å². The number of carbonyl (C=O) groups excluding carboxylic acids is 2. The molecule has 0 aromatic heterocycles. The van der Waals surface area contributed by atoms with Gasteiger partial charge in [-0.1, -0.05) is 26.0 Å². The fraction of sp³-hybridized carbons (Fsp3) is 0.652. The molecular weight excluding hydrogens is 366 g/mol. The predicted octanol–water partition coefficient (Wildman–Crippen LogP) is 2.79. The van der Waals surface area contributed by atoms with Crippen LogP contribution in [0.4, 0.5) is 0 Å². The second-order valence-corrected chi connectivity index (χ2v) is 8.69. The Hall–Kier alpha value is -2.08. The van der Waals surface area contributed by atoms with Gasteiger partial charge in [0, 0.05) is 24.8 Å². The van der Waals surface area contributed by atoms with Crippen molar-refractivity contribution < 1.29 is 14.3 Å². The van der Waals surface area contributed by atoms with E-state index in [1.165, 1.54) is 0 Å². The highest BCUT2D eigenvalue weighted by molar-refractivity contribution is 5.98. The third-order valence-electron chi connectivity index (χ3n) is 7.15. The third-order valence-corrected chi connectivity index (χ3v) is 7.15. The minimum atomic E-state index is -0.645. The number of rotatable bonds is 7. The van der Waals surface area contributed by atoms with E-state index in [2.05, 4.69) is 29.4 Å². The van der Waals surface area contributed by atoms with Crippen LogP contribution in [0.2, 0.25) is 0 Å². The second-order valence-electron chi connectivity index (χ2n) is 8.69. The average molecular weight is 400 g/mol. The highest BCUT2D eigenvalue weighted by Crippen LogP contribution is 2.52. The fourth-order valence-corrected chi connectivity index (χ4v) is 5.47. The van der Waals surface area contributed by atoms with Crippen LogP contribution in [0.1, 0.15) is 56.3 Å². The standard InChI is InChI=1S/C23H33N3O3/c1-3-26(4-2)13-7-12-24-21(27)19-14-17-11-10-16(19)15-23(17)25-22(28)18-8-5-6-9-20(18)29-23/h5-6,8-9,16-17,19H,3-4,7,10-15H2,1-2H3,(H,24,27)(H,25,28)/t16-,17-,19-,23+/m1/s1. The largest absolute Gasteiger partial charge is 0.467 e. The average Bonchev–Trinajstić information content (AvgIpc) is 2.74. The summed E-state index contributed by atoms with van der Waals surface area (Å²) in [7, 11) is 0. The van der Waals surface area contributed by atoms with Crippen LogP contribution in [-0.4, -0.2) is 48.6 Å². The molecule has 2 bridgehead atoms. The highest BCUT2D eigenvalue weighted by Gasteiger charge is 2.57. The number of para-hydroxylation sites is 1. The molecule has 0 saturated heterocycles. The van der Waals surface area contributed by atoms with Crippen LogP contribution >= 0.6 is 0 Å². The van der Waals surface area contributed by atoms with E-state index in [9.17, 15) is 9.59 Å². The van der Waals surface area contributed by atoms with Crippen LogP contribution < -0.4 is 15.4 Å². The number of benzene rings is 1. The van der Waals surface area contributed by atoms with Gasteiger partial charge in [0.2, 0.25) is 5.91 Å². The number of fused-ring (bicyclic) bond motifs is 3. The Bertz CT molecular complexity index is 763. The summed E-state index contributed by atoms with van der Waals surface area (Å²) in [4.78, 5) is 27.9. The van der Waals surface area contributed by atoms with Crippen LogP contribution in [-0.2, 0) is 4.79 Å². The van der Waals surface area contributed by atoms with Crippen molar-refractivity contribution in [3.8, 4) is 5.75 Å². The number of hydrogen-bond acceptors (Lipinski definition) is 4. The first-order valence-electron chi connectivity index (χ1n) is 11.2. The molecule has 1 aliphatic heterocycles. The van der Waals surface area contributed by atoms with E-state index in [4.69, 9.17) is 4.74 Å². The van der Waals surface area contributed by atoms with Crippen molar-refractivity contribution in [2.75, 3.05) is 26.2 Å². The number of amides is 2. The van der Waals surface area contributed by atoms with Crippen molar-refractivity contribution in [1.29, 1.82) is 0 Å². The molecule has 29 heavy (non-hydrogen) atoms. The predicted molar refractivity (Wildman–Crippen MR) is 112 cm³/mol. The van der Waals surface area contributed by atoms with Gasteiger partial charge in [0.15, 0.2) is 5.72 Å². The van der Waals surface area contributed by atoms with E-state index in [0.29, 0.717) is 11.3 Å². The molecule has 4 aliphatic rings. The zero-order valence-electron chi connectivity index (χ0n) is 17.6. The lowest BCUT2D eigenvalue weighted by atomic mass is 9.60. The molecule has 3 aliphatic carbocycles. The first-order chi connectivity index (χ1) is 14.1. The molecule has 158 valence electrons. The summed E-state index contributed by atoms with van der Waals surface area (Å²) in [5.41, 5.74) is -0.0458. The molecular formula is C23H33N3O3. The zero-order valence-corrected chi connectivity index (χ0v) is 17.6. The van der Waals surface area contributed by atoms with Gasteiger partial charge in [0.25, 0.3) is 5.91 Å². The molecule has 1 aromatic carbocycles. The number of carbonyl (C=O) groups is 2. The summed E-state index contributed by atoms with van der Waals surface area (Å²) in [5.74, 6) is 1.25. The Balaban J connectivity index is 1.36. The van der Waals surface area contributed by atoms with Crippen molar-refractivity contribution in [3.05, 3.63) is 29.8 Å². The lowest BCUT2D eigenvalue weighted by Crippen LogP contribution is -2.66. The van der Waals surface area contributed by atoms with Gasteiger partial charge in [0.1, 0.15) is 5.75 Å². The first-order valence-corrected chi connectivity index (χ1v) is 11.2. The first kappa shape index (κ1) is 20.2. The molecule has 6 heteroatoms. The molecule has 4 atom stereocenters. The summed E-state index contributed by atoms with van der Waals surface area (Å²) in [6.07, 6.45) is 4.52.